The predicted molar refractivity (Wildman–Crippen MR) is 74.2 cm³/mol. The lowest BCUT2D eigenvalue weighted by Gasteiger charge is -2.33. The molecule has 0 aromatic rings. The second-order valence-electron chi connectivity index (χ2n) is 6.19. The van der Waals surface area contributed by atoms with Gasteiger partial charge in [-0.25, -0.2) is 0 Å². The van der Waals surface area contributed by atoms with Crippen LogP contribution < -0.4 is 0 Å². The van der Waals surface area contributed by atoms with Crippen molar-refractivity contribution in [2.24, 2.45) is 11.8 Å². The Kier molecular flexibility index (Phi) is 7.67. The fraction of sp³-hybridized carbons (Fsp3) is 0.857. The summed E-state index contributed by atoms with van der Waals surface area (Å²) in [4.78, 5) is 0. The molecular formula is C14H29Al. The van der Waals surface area contributed by atoms with Gasteiger partial charge in [0.25, 0.3) is 0 Å². The van der Waals surface area contributed by atoms with Crippen molar-refractivity contribution >= 4 is 16.3 Å². The average Bonchev–Trinajstić information content (AvgIpc) is 2.00. The topological polar surface area (TPSA) is 0 Å². The largest absolute Gasteiger partial charge is 0.221 e. The van der Waals surface area contributed by atoms with E-state index in [0.29, 0.717) is 4.28 Å². The summed E-state index contributed by atoms with van der Waals surface area (Å²) < 4.78 is 0.686. The molecule has 0 amide bonds. The third kappa shape index (κ3) is 8.12. The first kappa shape index (κ1) is 15.3. The molecule has 0 rings (SSSR count). The van der Waals surface area contributed by atoms with Gasteiger partial charge in [0.1, 0.15) is 0 Å². The zero-order valence-corrected chi connectivity index (χ0v) is 13.5. The molecule has 88 valence electrons. The summed E-state index contributed by atoms with van der Waals surface area (Å²) in [5, 5.41) is 0. The Balaban J connectivity index is 4.19. The minimum Gasteiger partial charge on any atom is -0.103 e. The summed E-state index contributed by atoms with van der Waals surface area (Å²) in [6.45, 7) is 13.3. The molecule has 15 heavy (non-hydrogen) atoms. The van der Waals surface area contributed by atoms with E-state index in [0.717, 1.165) is 11.8 Å². The van der Waals surface area contributed by atoms with Crippen LogP contribution in [0.5, 0.6) is 0 Å². The van der Waals surface area contributed by atoms with Gasteiger partial charge in [-0.2, -0.15) is 0 Å². The molecule has 0 unspecified atom stereocenters. The average molecular weight is 224 g/mol. The maximum absolute atomic E-state index is 3.81. The lowest BCUT2D eigenvalue weighted by atomic mass is 9.84. The van der Waals surface area contributed by atoms with E-state index < -0.39 is 0 Å². The van der Waals surface area contributed by atoms with Gasteiger partial charge in [0.05, 0.1) is 0 Å². The molecule has 0 aliphatic carbocycles. The van der Waals surface area contributed by atoms with Gasteiger partial charge in [0.2, 0.25) is 16.3 Å². The van der Waals surface area contributed by atoms with Gasteiger partial charge in [0, 0.05) is 0 Å². The monoisotopic (exact) mass is 224 g/mol. The lowest BCUT2D eigenvalue weighted by Crippen LogP contribution is -2.18. The highest BCUT2D eigenvalue weighted by atomic mass is 27.0. The van der Waals surface area contributed by atoms with Gasteiger partial charge in [-0.3, -0.25) is 0 Å². The Morgan fingerprint density at radius 3 is 1.93 bits per heavy atom. The van der Waals surface area contributed by atoms with Crippen LogP contribution in [0.4, 0.5) is 0 Å². The second-order valence-corrected chi connectivity index (χ2v) is 8.31. The third-order valence-electron chi connectivity index (χ3n) is 2.99. The van der Waals surface area contributed by atoms with Gasteiger partial charge in [-0.1, -0.05) is 63.7 Å². The van der Waals surface area contributed by atoms with Crippen LogP contribution in [-0.2, 0) is 0 Å². The molecule has 0 aliphatic rings. The molecule has 0 heterocycles. The fourth-order valence-corrected chi connectivity index (χ4v) is 4.92. The molecule has 0 saturated carbocycles. The van der Waals surface area contributed by atoms with Gasteiger partial charge < -0.3 is 0 Å². The van der Waals surface area contributed by atoms with Crippen molar-refractivity contribution < 1.29 is 0 Å². The highest BCUT2D eigenvalue weighted by Crippen LogP contribution is 2.42. The zero-order chi connectivity index (χ0) is 11.9. The van der Waals surface area contributed by atoms with Gasteiger partial charge in [-0.15, -0.1) is 6.58 Å². The van der Waals surface area contributed by atoms with Crippen LogP contribution >= 0.6 is 0 Å². The van der Waals surface area contributed by atoms with E-state index in [1.165, 1.54) is 48.4 Å². The van der Waals surface area contributed by atoms with E-state index in [-0.39, 0.29) is 0 Å². The van der Waals surface area contributed by atoms with E-state index in [4.69, 9.17) is 0 Å². The van der Waals surface area contributed by atoms with E-state index in [9.17, 15) is 0 Å². The van der Waals surface area contributed by atoms with Crippen LogP contribution in [0, 0.1) is 11.8 Å². The van der Waals surface area contributed by atoms with Crippen LogP contribution in [0.15, 0.2) is 12.7 Å². The van der Waals surface area contributed by atoms with Crippen molar-refractivity contribution in [3.05, 3.63) is 12.7 Å². The van der Waals surface area contributed by atoms with Crippen LogP contribution in [0.3, 0.4) is 0 Å². The maximum Gasteiger partial charge on any atom is 0.221 e. The SMILES string of the molecule is C=CCCC[C]([AlH2])(CC(C)C)CC(C)C. The minimum atomic E-state index is 0.686. The molecule has 0 radical (unpaired) electrons. The Bertz CT molecular complexity index is 160. The summed E-state index contributed by atoms with van der Waals surface area (Å²) in [7, 11) is 0. The standard InChI is InChI=1S/C14H27.Al.2H/c1-6-7-8-9-14(10-12(2)3)11-13(4)5;;;/h6,12-13H,1,7-11H2,2-5H3;;;. The summed E-state index contributed by atoms with van der Waals surface area (Å²) in [5.74, 6) is 1.70. The maximum atomic E-state index is 3.81. The van der Waals surface area contributed by atoms with Crippen molar-refractivity contribution in [3.8, 4) is 0 Å². The number of unbranched alkanes of at least 4 members (excludes halogenated alkanes) is 1. The summed E-state index contributed by atoms with van der Waals surface area (Å²) in [6, 6.07) is 0. The van der Waals surface area contributed by atoms with Crippen LogP contribution in [0.2, 0.25) is 4.28 Å². The van der Waals surface area contributed by atoms with Gasteiger partial charge >= 0.3 is 0 Å². The Hall–Kier alpha value is 0.272. The Morgan fingerprint density at radius 1 is 1.13 bits per heavy atom. The Labute approximate surface area is 105 Å². The molecule has 1 heteroatoms. The molecule has 0 aliphatic heterocycles. The first-order valence-electron chi connectivity index (χ1n) is 6.50. The van der Waals surface area contributed by atoms with E-state index in [2.05, 4.69) is 40.3 Å². The first-order chi connectivity index (χ1) is 6.89. The molecule has 0 bridgehead atoms. The number of hydrogen-bond acceptors (Lipinski definition) is 0. The third-order valence-corrected chi connectivity index (χ3v) is 4.31. The fourth-order valence-electron chi connectivity index (χ4n) is 2.93. The molecule has 0 spiro atoms. The molecule has 0 aromatic heterocycles. The molecular weight excluding hydrogens is 195 g/mol. The van der Waals surface area contributed by atoms with E-state index in [1.807, 2.05) is 0 Å². The van der Waals surface area contributed by atoms with Crippen molar-refractivity contribution in [1.29, 1.82) is 0 Å². The first-order valence-corrected chi connectivity index (χ1v) is 7.50. The number of rotatable bonds is 8. The van der Waals surface area contributed by atoms with Crippen molar-refractivity contribution in [3.63, 3.8) is 0 Å². The Morgan fingerprint density at radius 2 is 1.60 bits per heavy atom. The highest BCUT2D eigenvalue weighted by molar-refractivity contribution is 6.15. The van der Waals surface area contributed by atoms with Crippen molar-refractivity contribution in [1.82, 2.24) is 0 Å². The molecule has 0 N–H and O–H groups in total. The molecule has 0 fully saturated rings. The van der Waals surface area contributed by atoms with Crippen LogP contribution in [0.1, 0.15) is 59.8 Å². The normalized spacial score (nSPS) is 12.4. The zero-order valence-electron chi connectivity index (χ0n) is 11.5. The summed E-state index contributed by atoms with van der Waals surface area (Å²) in [6.07, 6.45) is 8.87. The van der Waals surface area contributed by atoms with Gasteiger partial charge in [-0.05, 0) is 18.3 Å². The lowest BCUT2D eigenvalue weighted by molar-refractivity contribution is 0.339. The molecule has 0 aromatic carbocycles. The van der Waals surface area contributed by atoms with E-state index in [1.54, 1.807) is 0 Å². The number of allylic oxidation sites excluding steroid dienone is 1. The van der Waals surface area contributed by atoms with Crippen LogP contribution in [-0.4, -0.2) is 16.3 Å². The smallest absolute Gasteiger partial charge is 0.103 e. The van der Waals surface area contributed by atoms with Crippen molar-refractivity contribution in [2.75, 3.05) is 0 Å². The van der Waals surface area contributed by atoms with Crippen molar-refractivity contribution in [2.45, 2.75) is 64.1 Å². The molecule has 0 nitrogen and oxygen atoms in total. The molecule has 0 saturated heterocycles. The quantitative estimate of drug-likeness (QED) is 0.329. The summed E-state index contributed by atoms with van der Waals surface area (Å²) in [5.41, 5.74) is 0. The minimum absolute atomic E-state index is 0.686. The second kappa shape index (κ2) is 7.53. The summed E-state index contributed by atoms with van der Waals surface area (Å²) >= 11 is 1.35. The number of hydrogen-bond donors (Lipinski definition) is 0. The van der Waals surface area contributed by atoms with E-state index >= 15 is 0 Å². The predicted octanol–water partition coefficient (Wildman–Crippen LogP) is 4.23. The highest BCUT2D eigenvalue weighted by Gasteiger charge is 2.25. The van der Waals surface area contributed by atoms with Crippen LogP contribution in [0.25, 0.3) is 0 Å². The molecule has 0 atom stereocenters. The van der Waals surface area contributed by atoms with Gasteiger partial charge in [0.15, 0.2) is 0 Å².